The molecule has 2 amide bonds. The lowest BCUT2D eigenvalue weighted by Crippen LogP contribution is -3.00. The zero-order chi connectivity index (χ0) is 30.1. The third-order valence-corrected chi connectivity index (χ3v) is 8.35. The number of unbranched alkanes of at least 4 members (excludes halogenated alkanes) is 15. The van der Waals surface area contributed by atoms with Crippen LogP contribution in [0.5, 0.6) is 0 Å². The summed E-state index contributed by atoms with van der Waals surface area (Å²) in [5.74, 6) is -0.304. The van der Waals surface area contributed by atoms with E-state index in [0.29, 0.717) is 17.4 Å². The summed E-state index contributed by atoms with van der Waals surface area (Å²) in [6, 6.07) is -0.632. The van der Waals surface area contributed by atoms with E-state index in [0.717, 1.165) is 19.4 Å². The molecule has 0 bridgehead atoms. The number of amides is 2. The van der Waals surface area contributed by atoms with Gasteiger partial charge in [0.05, 0.1) is 39.5 Å². The molecule has 0 aliphatic rings. The standard InChI is InChI=1S/C30H62N4O5S.HI/c1-6-7-8-9-10-11-12-13-14-15-16-17-18-19-20-21-23-31-30(36)39-27-29(33-28(2)35)26-32-40(37,38)25-22-24-34(3,4)5;/h29,32H,6-27H2,1-5H3,(H-,31,33,35,36);1H. The van der Waals surface area contributed by atoms with Crippen LogP contribution in [0.4, 0.5) is 4.79 Å². The Morgan fingerprint density at radius 1 is 0.756 bits per heavy atom. The molecule has 3 N–H and O–H groups in total. The number of hydrogen-bond acceptors (Lipinski definition) is 5. The first-order valence-corrected chi connectivity index (χ1v) is 17.6. The van der Waals surface area contributed by atoms with Crippen molar-refractivity contribution in [3.63, 3.8) is 0 Å². The normalized spacial score (nSPS) is 12.4. The van der Waals surface area contributed by atoms with Crippen LogP contribution < -0.4 is 39.3 Å². The minimum absolute atomic E-state index is 0. The molecule has 11 heteroatoms. The minimum atomic E-state index is -3.48. The van der Waals surface area contributed by atoms with E-state index in [9.17, 15) is 18.0 Å². The number of ether oxygens (including phenoxy) is 1. The van der Waals surface area contributed by atoms with Crippen molar-refractivity contribution in [3.05, 3.63) is 0 Å². The van der Waals surface area contributed by atoms with Crippen LogP contribution in [0, 0.1) is 0 Å². The molecule has 0 heterocycles. The highest BCUT2D eigenvalue weighted by atomic mass is 127. The molecule has 0 radical (unpaired) electrons. The number of hydrogen-bond donors (Lipinski definition) is 3. The molecule has 9 nitrogen and oxygen atoms in total. The van der Waals surface area contributed by atoms with Crippen molar-refractivity contribution in [2.45, 2.75) is 129 Å². The maximum atomic E-state index is 12.3. The number of nitrogens with zero attached hydrogens (tertiary/aromatic N) is 1. The maximum Gasteiger partial charge on any atom is 0.407 e. The highest BCUT2D eigenvalue weighted by molar-refractivity contribution is 7.89. The Kier molecular flexibility index (Phi) is 27.9. The fraction of sp³-hybridized carbons (Fsp3) is 0.933. The molecule has 1 unspecified atom stereocenters. The molecule has 0 aromatic rings. The lowest BCUT2D eigenvalue weighted by Gasteiger charge is -2.23. The van der Waals surface area contributed by atoms with E-state index in [-0.39, 0.29) is 48.8 Å². The second-order valence-corrected chi connectivity index (χ2v) is 14.2. The summed E-state index contributed by atoms with van der Waals surface area (Å²) in [7, 11) is 2.55. The van der Waals surface area contributed by atoms with Gasteiger partial charge in [0.2, 0.25) is 15.9 Å². The smallest absolute Gasteiger partial charge is 0.407 e. The van der Waals surface area contributed by atoms with Crippen molar-refractivity contribution < 1.29 is 51.2 Å². The molecule has 0 rings (SSSR count). The molecule has 0 aromatic heterocycles. The number of rotatable bonds is 27. The van der Waals surface area contributed by atoms with E-state index in [1.165, 1.54) is 96.8 Å². The zero-order valence-electron chi connectivity index (χ0n) is 26.9. The second kappa shape index (κ2) is 26.9. The van der Waals surface area contributed by atoms with E-state index >= 15 is 0 Å². The van der Waals surface area contributed by atoms with E-state index < -0.39 is 22.2 Å². The van der Waals surface area contributed by atoms with Crippen LogP contribution in [-0.2, 0) is 19.6 Å². The van der Waals surface area contributed by atoms with Gasteiger partial charge in [0.1, 0.15) is 6.61 Å². The Balaban J connectivity index is 0. The molecule has 41 heavy (non-hydrogen) atoms. The first kappa shape index (κ1) is 42.5. The van der Waals surface area contributed by atoms with Crippen molar-refractivity contribution in [2.75, 3.05) is 53.1 Å². The summed E-state index contributed by atoms with van der Waals surface area (Å²) in [6.07, 6.45) is 20.8. The van der Waals surface area contributed by atoms with Crippen molar-refractivity contribution >= 4 is 22.0 Å². The molecule has 0 aromatic carbocycles. The molecule has 0 aliphatic heterocycles. The highest BCUT2D eigenvalue weighted by Gasteiger charge is 2.18. The molecule has 246 valence electrons. The average Bonchev–Trinajstić information content (AvgIpc) is 2.86. The van der Waals surface area contributed by atoms with Crippen LogP contribution in [0.3, 0.4) is 0 Å². The van der Waals surface area contributed by atoms with Gasteiger partial charge in [0, 0.05) is 26.4 Å². The van der Waals surface area contributed by atoms with Crippen LogP contribution in [0.15, 0.2) is 0 Å². The molecular weight excluding hydrogens is 655 g/mol. The van der Waals surface area contributed by atoms with Gasteiger partial charge in [-0.15, -0.1) is 0 Å². The second-order valence-electron chi connectivity index (χ2n) is 12.3. The Morgan fingerprint density at radius 3 is 1.66 bits per heavy atom. The van der Waals surface area contributed by atoms with Crippen molar-refractivity contribution in [3.8, 4) is 0 Å². The van der Waals surface area contributed by atoms with Gasteiger partial charge in [-0.2, -0.15) is 0 Å². The lowest BCUT2D eigenvalue weighted by molar-refractivity contribution is -0.870. The largest absolute Gasteiger partial charge is 1.00 e. The van der Waals surface area contributed by atoms with Crippen molar-refractivity contribution in [1.29, 1.82) is 0 Å². The first-order chi connectivity index (χ1) is 18.9. The summed E-state index contributed by atoms with van der Waals surface area (Å²) in [4.78, 5) is 23.5. The summed E-state index contributed by atoms with van der Waals surface area (Å²) in [6.45, 7) is 4.76. The molecular formula is C30H63IN4O5S. The van der Waals surface area contributed by atoms with Gasteiger partial charge in [0.15, 0.2) is 0 Å². The predicted molar refractivity (Wildman–Crippen MR) is 166 cm³/mol. The van der Waals surface area contributed by atoms with Crippen LogP contribution >= 0.6 is 0 Å². The number of halogens is 1. The minimum Gasteiger partial charge on any atom is -1.00 e. The zero-order valence-corrected chi connectivity index (χ0v) is 29.9. The quantitative estimate of drug-likeness (QED) is 0.0687. The van der Waals surface area contributed by atoms with Crippen molar-refractivity contribution in [1.82, 2.24) is 15.4 Å². The third kappa shape index (κ3) is 32.1. The fourth-order valence-electron chi connectivity index (χ4n) is 4.56. The molecule has 0 saturated heterocycles. The average molecular weight is 719 g/mol. The third-order valence-electron chi connectivity index (χ3n) is 6.91. The number of alkyl carbamates (subject to hydrolysis) is 1. The van der Waals surface area contributed by atoms with Crippen LogP contribution in [-0.4, -0.2) is 84.1 Å². The van der Waals surface area contributed by atoms with Gasteiger partial charge < -0.3 is 43.8 Å². The van der Waals surface area contributed by atoms with E-state index in [1.807, 2.05) is 21.1 Å². The molecule has 1 atom stereocenters. The van der Waals surface area contributed by atoms with Crippen LogP contribution in [0.2, 0.25) is 0 Å². The van der Waals surface area contributed by atoms with E-state index in [4.69, 9.17) is 4.74 Å². The van der Waals surface area contributed by atoms with Crippen molar-refractivity contribution in [2.24, 2.45) is 0 Å². The predicted octanol–water partition coefficient (Wildman–Crippen LogP) is 2.50. The molecule has 0 saturated carbocycles. The summed E-state index contributed by atoms with van der Waals surface area (Å²) in [5.41, 5.74) is 0. The maximum absolute atomic E-state index is 12.3. The number of sulfonamides is 1. The number of carbonyl (C=O) groups excluding carboxylic acids is 2. The first-order valence-electron chi connectivity index (χ1n) is 15.9. The summed E-state index contributed by atoms with van der Waals surface area (Å²) in [5, 5.41) is 5.38. The van der Waals surface area contributed by atoms with Gasteiger partial charge in [-0.1, -0.05) is 103 Å². The molecule has 0 fully saturated rings. The topological polar surface area (TPSA) is 114 Å². The Bertz CT molecular complexity index is 748. The number of carbonyl (C=O) groups is 2. The fourth-order valence-corrected chi connectivity index (χ4v) is 5.67. The van der Waals surface area contributed by atoms with E-state index in [1.54, 1.807) is 0 Å². The van der Waals surface area contributed by atoms with Gasteiger partial charge in [-0.25, -0.2) is 17.9 Å². The molecule has 0 aliphatic carbocycles. The van der Waals surface area contributed by atoms with E-state index in [2.05, 4.69) is 22.3 Å². The lowest BCUT2D eigenvalue weighted by atomic mass is 10.0. The number of nitrogens with one attached hydrogen (secondary N) is 3. The Labute approximate surface area is 269 Å². The Morgan fingerprint density at radius 2 is 1.22 bits per heavy atom. The highest BCUT2D eigenvalue weighted by Crippen LogP contribution is 2.13. The molecule has 0 spiro atoms. The summed E-state index contributed by atoms with van der Waals surface area (Å²) < 4.78 is 33.0. The SMILES string of the molecule is CCCCCCCCCCCCCCCCCCNC(=O)OCC(CNS(=O)(=O)CCC[N+](C)(C)C)NC(C)=O.[I-]. The van der Waals surface area contributed by atoms with Gasteiger partial charge >= 0.3 is 6.09 Å². The monoisotopic (exact) mass is 718 g/mol. The van der Waals surface area contributed by atoms with Crippen LogP contribution in [0.25, 0.3) is 0 Å². The number of quaternary nitrogens is 1. The van der Waals surface area contributed by atoms with Gasteiger partial charge in [-0.05, 0) is 6.42 Å². The summed E-state index contributed by atoms with van der Waals surface area (Å²) >= 11 is 0. The Hall–Kier alpha value is -0.660. The van der Waals surface area contributed by atoms with Gasteiger partial charge in [-0.3, -0.25) is 4.79 Å². The van der Waals surface area contributed by atoms with Gasteiger partial charge in [0.25, 0.3) is 0 Å². The van der Waals surface area contributed by atoms with Crippen LogP contribution in [0.1, 0.15) is 123 Å².